The van der Waals surface area contributed by atoms with Crippen LogP contribution in [0.4, 0.5) is 5.95 Å². The van der Waals surface area contributed by atoms with Crippen molar-refractivity contribution in [2.45, 2.75) is 26.9 Å². The fourth-order valence-electron chi connectivity index (χ4n) is 2.08. The van der Waals surface area contributed by atoms with Gasteiger partial charge in [-0.1, -0.05) is 5.16 Å². The van der Waals surface area contributed by atoms with Crippen LogP contribution in [-0.4, -0.2) is 28.8 Å². The van der Waals surface area contributed by atoms with Gasteiger partial charge in [-0.05, 0) is 13.8 Å². The summed E-state index contributed by atoms with van der Waals surface area (Å²) < 4.78 is 7.23. The van der Waals surface area contributed by atoms with E-state index in [1.54, 1.807) is 0 Å². The van der Waals surface area contributed by atoms with Crippen molar-refractivity contribution in [1.82, 2.24) is 20.0 Å². The first-order valence-electron chi connectivity index (χ1n) is 6.31. The molecule has 0 aliphatic carbocycles. The van der Waals surface area contributed by atoms with Crippen LogP contribution in [0.15, 0.2) is 10.7 Å². The van der Waals surface area contributed by atoms with Gasteiger partial charge in [0.1, 0.15) is 5.76 Å². The summed E-state index contributed by atoms with van der Waals surface area (Å²) in [5, 5.41) is 7.35. The fraction of sp³-hybridized carbons (Fsp3) is 0.538. The number of imidazole rings is 1. The second-order valence-corrected chi connectivity index (χ2v) is 4.91. The molecule has 2 aromatic heterocycles. The van der Waals surface area contributed by atoms with Gasteiger partial charge in [0.15, 0.2) is 0 Å². The maximum atomic E-state index is 5.14. The number of hydrogen-bond donors (Lipinski definition) is 1. The molecule has 0 bridgehead atoms. The lowest BCUT2D eigenvalue weighted by atomic mass is 10.2. The van der Waals surface area contributed by atoms with Crippen molar-refractivity contribution in [3.05, 3.63) is 28.9 Å². The lowest BCUT2D eigenvalue weighted by Gasteiger charge is -2.12. The van der Waals surface area contributed by atoms with Crippen LogP contribution in [0, 0.1) is 13.8 Å². The predicted octanol–water partition coefficient (Wildman–Crippen LogP) is 1.38. The van der Waals surface area contributed by atoms with Crippen LogP contribution in [0.5, 0.6) is 0 Å². The number of aryl methyl sites for hydroxylation is 2. The van der Waals surface area contributed by atoms with Crippen molar-refractivity contribution in [3.63, 3.8) is 0 Å². The zero-order valence-corrected chi connectivity index (χ0v) is 12.2. The highest BCUT2D eigenvalue weighted by Gasteiger charge is 2.10. The molecular formula is C13H21N5O. The quantitative estimate of drug-likeness (QED) is 0.883. The number of rotatable bonds is 5. The van der Waals surface area contributed by atoms with E-state index in [-0.39, 0.29) is 0 Å². The number of aromatic nitrogens is 3. The highest BCUT2D eigenvalue weighted by molar-refractivity contribution is 5.31. The van der Waals surface area contributed by atoms with E-state index in [0.717, 1.165) is 41.7 Å². The Morgan fingerprint density at radius 1 is 1.32 bits per heavy atom. The Balaban J connectivity index is 1.97. The molecule has 0 unspecified atom stereocenters. The summed E-state index contributed by atoms with van der Waals surface area (Å²) in [7, 11) is 6.00. The van der Waals surface area contributed by atoms with Crippen molar-refractivity contribution in [2.24, 2.45) is 7.05 Å². The van der Waals surface area contributed by atoms with Crippen LogP contribution < -0.4 is 10.2 Å². The van der Waals surface area contributed by atoms with Gasteiger partial charge in [0.2, 0.25) is 5.95 Å². The molecule has 0 amide bonds. The van der Waals surface area contributed by atoms with E-state index in [9.17, 15) is 0 Å². The Morgan fingerprint density at radius 3 is 2.58 bits per heavy atom. The number of hydrogen-bond acceptors (Lipinski definition) is 5. The molecule has 6 heteroatoms. The van der Waals surface area contributed by atoms with Gasteiger partial charge < -0.3 is 19.3 Å². The fourth-order valence-corrected chi connectivity index (χ4v) is 2.08. The normalized spacial score (nSPS) is 11.0. The maximum Gasteiger partial charge on any atom is 0.204 e. The zero-order chi connectivity index (χ0) is 14.0. The van der Waals surface area contributed by atoms with Gasteiger partial charge in [-0.25, -0.2) is 4.98 Å². The molecule has 0 atom stereocenters. The summed E-state index contributed by atoms with van der Waals surface area (Å²) in [4.78, 5) is 6.38. The van der Waals surface area contributed by atoms with Crippen LogP contribution in [0.1, 0.15) is 22.7 Å². The summed E-state index contributed by atoms with van der Waals surface area (Å²) in [5.74, 6) is 1.83. The standard InChI is InChI=1S/C13H21N5O/c1-9-12(10(2)19-16-9)8-14-6-11-7-15-13(17(3)4)18(11)5/h7,14H,6,8H2,1-5H3. The van der Waals surface area contributed by atoms with Gasteiger partial charge in [-0.3, -0.25) is 0 Å². The van der Waals surface area contributed by atoms with Crippen LogP contribution in [0.2, 0.25) is 0 Å². The number of nitrogens with zero attached hydrogens (tertiary/aromatic N) is 4. The van der Waals surface area contributed by atoms with Crippen molar-refractivity contribution < 1.29 is 4.52 Å². The second kappa shape index (κ2) is 5.44. The van der Waals surface area contributed by atoms with E-state index >= 15 is 0 Å². The van der Waals surface area contributed by atoms with Crippen LogP contribution in [0.25, 0.3) is 0 Å². The molecule has 2 heterocycles. The van der Waals surface area contributed by atoms with Crippen LogP contribution in [0.3, 0.4) is 0 Å². The molecule has 0 aliphatic heterocycles. The molecule has 2 aromatic rings. The molecule has 0 aromatic carbocycles. The summed E-state index contributed by atoms with van der Waals surface area (Å²) in [6.45, 7) is 5.41. The third-order valence-corrected chi connectivity index (χ3v) is 3.25. The SMILES string of the molecule is Cc1noc(C)c1CNCc1cnc(N(C)C)n1C. The van der Waals surface area contributed by atoms with Gasteiger partial charge in [-0.2, -0.15) is 0 Å². The average Bonchev–Trinajstić information content (AvgIpc) is 2.86. The van der Waals surface area contributed by atoms with Crippen LogP contribution in [-0.2, 0) is 20.1 Å². The highest BCUT2D eigenvalue weighted by atomic mass is 16.5. The Hall–Kier alpha value is -1.82. The molecule has 1 N–H and O–H groups in total. The van der Waals surface area contributed by atoms with E-state index in [1.165, 1.54) is 0 Å². The van der Waals surface area contributed by atoms with Crippen molar-refractivity contribution >= 4 is 5.95 Å². The third kappa shape index (κ3) is 2.78. The molecular weight excluding hydrogens is 242 g/mol. The minimum Gasteiger partial charge on any atom is -0.361 e. The first-order chi connectivity index (χ1) is 9.00. The van der Waals surface area contributed by atoms with E-state index in [1.807, 2.05) is 46.1 Å². The first-order valence-corrected chi connectivity index (χ1v) is 6.31. The summed E-state index contributed by atoms with van der Waals surface area (Å²) in [6.07, 6.45) is 1.90. The highest BCUT2D eigenvalue weighted by Crippen LogP contribution is 2.13. The molecule has 6 nitrogen and oxygen atoms in total. The lowest BCUT2D eigenvalue weighted by molar-refractivity contribution is 0.392. The molecule has 104 valence electrons. The Labute approximate surface area is 113 Å². The Kier molecular flexibility index (Phi) is 3.90. The number of nitrogens with one attached hydrogen (secondary N) is 1. The number of anilines is 1. The molecule has 0 radical (unpaired) electrons. The van der Waals surface area contributed by atoms with E-state index < -0.39 is 0 Å². The van der Waals surface area contributed by atoms with Gasteiger partial charge in [0.25, 0.3) is 0 Å². The van der Waals surface area contributed by atoms with Gasteiger partial charge in [-0.15, -0.1) is 0 Å². The molecule has 2 rings (SSSR count). The van der Waals surface area contributed by atoms with Crippen LogP contribution >= 0.6 is 0 Å². The molecule has 0 saturated carbocycles. The molecule has 0 fully saturated rings. The molecule has 0 spiro atoms. The summed E-state index contributed by atoms with van der Waals surface area (Å²) >= 11 is 0. The smallest absolute Gasteiger partial charge is 0.204 e. The van der Waals surface area contributed by atoms with Gasteiger partial charge in [0, 0.05) is 39.8 Å². The minimum absolute atomic E-state index is 0.754. The second-order valence-electron chi connectivity index (χ2n) is 4.91. The Bertz CT molecular complexity index is 536. The zero-order valence-electron chi connectivity index (χ0n) is 12.2. The maximum absolute atomic E-state index is 5.14. The van der Waals surface area contributed by atoms with Gasteiger partial charge >= 0.3 is 0 Å². The molecule has 19 heavy (non-hydrogen) atoms. The van der Waals surface area contributed by atoms with Crippen molar-refractivity contribution in [1.29, 1.82) is 0 Å². The third-order valence-electron chi connectivity index (χ3n) is 3.25. The van der Waals surface area contributed by atoms with E-state index in [0.29, 0.717) is 0 Å². The largest absolute Gasteiger partial charge is 0.361 e. The first kappa shape index (κ1) is 13.6. The van der Waals surface area contributed by atoms with Gasteiger partial charge in [0.05, 0.1) is 17.6 Å². The van der Waals surface area contributed by atoms with Crippen molar-refractivity contribution in [2.75, 3.05) is 19.0 Å². The molecule has 0 aliphatic rings. The molecule has 0 saturated heterocycles. The minimum atomic E-state index is 0.754. The van der Waals surface area contributed by atoms with Crippen molar-refractivity contribution in [3.8, 4) is 0 Å². The van der Waals surface area contributed by atoms with E-state index in [4.69, 9.17) is 4.52 Å². The van der Waals surface area contributed by atoms with E-state index in [2.05, 4.69) is 20.0 Å². The topological polar surface area (TPSA) is 59.1 Å². The summed E-state index contributed by atoms with van der Waals surface area (Å²) in [5.41, 5.74) is 3.23. The average molecular weight is 263 g/mol. The monoisotopic (exact) mass is 263 g/mol. The Morgan fingerprint density at radius 2 is 2.05 bits per heavy atom. The summed E-state index contributed by atoms with van der Waals surface area (Å²) in [6, 6.07) is 0. The lowest BCUT2D eigenvalue weighted by Crippen LogP contribution is -2.18. The predicted molar refractivity (Wildman–Crippen MR) is 74.1 cm³/mol.